The average molecular weight is 351 g/mol. The number of aromatic nitrogens is 1. The van der Waals surface area contributed by atoms with E-state index in [0.717, 1.165) is 13.1 Å². The van der Waals surface area contributed by atoms with Gasteiger partial charge in [-0.3, -0.25) is 9.78 Å². The molecule has 1 aromatic heterocycles. The second-order valence-corrected chi connectivity index (χ2v) is 8.35. The molecule has 1 aliphatic rings. The van der Waals surface area contributed by atoms with Gasteiger partial charge in [-0.15, -0.1) is 0 Å². The molecule has 1 fully saturated rings. The number of anilines is 1. The van der Waals surface area contributed by atoms with Crippen LogP contribution in [-0.2, 0) is 5.41 Å². The number of carbonyl (C=O) groups is 1. The Bertz CT molecular complexity index is 737. The van der Waals surface area contributed by atoms with Crippen molar-refractivity contribution in [3.8, 4) is 0 Å². The van der Waals surface area contributed by atoms with Gasteiger partial charge in [-0.2, -0.15) is 0 Å². The second kappa shape index (κ2) is 7.10. The summed E-state index contributed by atoms with van der Waals surface area (Å²) in [7, 11) is 0. The van der Waals surface area contributed by atoms with E-state index in [1.165, 1.54) is 11.3 Å². The third kappa shape index (κ3) is 3.74. The number of carbonyl (C=O) groups excluding carboxylic acids is 1. The van der Waals surface area contributed by atoms with E-state index in [9.17, 15) is 4.79 Å². The first-order chi connectivity index (χ1) is 12.3. The van der Waals surface area contributed by atoms with Crippen LogP contribution in [0.25, 0.3) is 0 Å². The van der Waals surface area contributed by atoms with Crippen molar-refractivity contribution < 1.29 is 4.79 Å². The topological polar surface area (TPSA) is 36.4 Å². The Morgan fingerprint density at radius 3 is 2.00 bits per heavy atom. The van der Waals surface area contributed by atoms with Gasteiger partial charge in [0.05, 0.1) is 0 Å². The van der Waals surface area contributed by atoms with Gasteiger partial charge in [-0.1, -0.05) is 32.9 Å². The standard InChI is InChI=1S/C22H29N3O/c1-16-14-24(20-8-6-19(7-9-20)22(3,4)5)15-17(2)25(16)21(26)18-10-12-23-13-11-18/h6-13,16-17H,14-15H2,1-5H3. The van der Waals surface area contributed by atoms with Crippen LogP contribution in [0.4, 0.5) is 5.69 Å². The molecule has 1 aromatic carbocycles. The van der Waals surface area contributed by atoms with E-state index in [4.69, 9.17) is 0 Å². The number of amides is 1. The molecule has 2 unspecified atom stereocenters. The lowest BCUT2D eigenvalue weighted by atomic mass is 9.87. The van der Waals surface area contributed by atoms with E-state index in [1.54, 1.807) is 24.5 Å². The first-order valence-electron chi connectivity index (χ1n) is 9.35. The van der Waals surface area contributed by atoms with Crippen LogP contribution in [0, 0.1) is 0 Å². The van der Waals surface area contributed by atoms with E-state index >= 15 is 0 Å². The molecule has 2 heterocycles. The first-order valence-corrected chi connectivity index (χ1v) is 9.35. The largest absolute Gasteiger partial charge is 0.367 e. The molecule has 1 amide bonds. The number of hydrogen-bond donors (Lipinski definition) is 0. The molecular formula is C22H29N3O. The minimum Gasteiger partial charge on any atom is -0.367 e. The van der Waals surface area contributed by atoms with Gasteiger partial charge in [0, 0.05) is 48.8 Å². The van der Waals surface area contributed by atoms with Crippen molar-refractivity contribution in [1.29, 1.82) is 0 Å². The lowest BCUT2D eigenvalue weighted by Crippen LogP contribution is -2.58. The van der Waals surface area contributed by atoms with Gasteiger partial charge in [0.1, 0.15) is 0 Å². The zero-order valence-electron chi connectivity index (χ0n) is 16.4. The highest BCUT2D eigenvalue weighted by Gasteiger charge is 2.33. The summed E-state index contributed by atoms with van der Waals surface area (Å²) in [6.45, 7) is 12.6. The number of hydrogen-bond acceptors (Lipinski definition) is 3. The molecule has 3 rings (SSSR count). The Morgan fingerprint density at radius 1 is 0.962 bits per heavy atom. The molecule has 0 bridgehead atoms. The van der Waals surface area contributed by atoms with E-state index < -0.39 is 0 Å². The maximum atomic E-state index is 12.9. The van der Waals surface area contributed by atoms with Gasteiger partial charge in [0.15, 0.2) is 0 Å². The average Bonchev–Trinajstić information content (AvgIpc) is 2.61. The highest BCUT2D eigenvalue weighted by molar-refractivity contribution is 5.94. The molecule has 138 valence electrons. The molecule has 0 aliphatic carbocycles. The third-order valence-corrected chi connectivity index (χ3v) is 5.18. The van der Waals surface area contributed by atoms with E-state index in [0.29, 0.717) is 5.56 Å². The molecule has 4 heteroatoms. The van der Waals surface area contributed by atoms with Gasteiger partial charge in [0.2, 0.25) is 0 Å². The van der Waals surface area contributed by atoms with Crippen LogP contribution in [0.15, 0.2) is 48.8 Å². The second-order valence-electron chi connectivity index (χ2n) is 8.35. The maximum absolute atomic E-state index is 12.9. The SMILES string of the molecule is CC1CN(c2ccc(C(C)(C)C)cc2)CC(C)N1C(=O)c1ccncc1. The quantitative estimate of drug-likeness (QED) is 0.817. The number of nitrogens with zero attached hydrogens (tertiary/aromatic N) is 3. The van der Waals surface area contributed by atoms with E-state index in [2.05, 4.69) is 68.8 Å². The zero-order chi connectivity index (χ0) is 18.9. The van der Waals surface area contributed by atoms with Crippen LogP contribution in [0.3, 0.4) is 0 Å². The Labute approximate surface area is 156 Å². The minimum absolute atomic E-state index is 0.0927. The fraction of sp³-hybridized carbons (Fsp3) is 0.455. The molecular weight excluding hydrogens is 322 g/mol. The molecule has 2 aromatic rings. The number of piperazine rings is 1. The fourth-order valence-corrected chi connectivity index (χ4v) is 3.75. The molecule has 0 saturated carbocycles. The molecule has 1 saturated heterocycles. The van der Waals surface area contributed by atoms with E-state index in [-0.39, 0.29) is 23.4 Å². The summed E-state index contributed by atoms with van der Waals surface area (Å²) in [4.78, 5) is 21.3. The van der Waals surface area contributed by atoms with Crippen LogP contribution in [0.2, 0.25) is 0 Å². The highest BCUT2D eigenvalue weighted by Crippen LogP contribution is 2.27. The van der Waals surface area contributed by atoms with Crippen LogP contribution >= 0.6 is 0 Å². The summed E-state index contributed by atoms with van der Waals surface area (Å²) >= 11 is 0. The summed E-state index contributed by atoms with van der Waals surface area (Å²) in [5.41, 5.74) is 3.44. The number of rotatable bonds is 2. The third-order valence-electron chi connectivity index (χ3n) is 5.18. The summed E-state index contributed by atoms with van der Waals surface area (Å²) in [5.74, 6) is 0.0927. The van der Waals surface area contributed by atoms with Crippen LogP contribution in [0.1, 0.15) is 50.5 Å². The first kappa shape index (κ1) is 18.4. The van der Waals surface area contributed by atoms with Crippen molar-refractivity contribution in [3.63, 3.8) is 0 Å². The highest BCUT2D eigenvalue weighted by atomic mass is 16.2. The molecule has 0 radical (unpaired) electrons. The summed E-state index contributed by atoms with van der Waals surface area (Å²) in [5, 5.41) is 0. The molecule has 1 aliphatic heterocycles. The summed E-state index contributed by atoms with van der Waals surface area (Å²) in [6, 6.07) is 12.8. The Kier molecular flexibility index (Phi) is 5.03. The normalized spacial score (nSPS) is 21.0. The fourth-order valence-electron chi connectivity index (χ4n) is 3.75. The van der Waals surface area contributed by atoms with Gasteiger partial charge in [-0.25, -0.2) is 0 Å². The molecule has 4 nitrogen and oxygen atoms in total. The smallest absolute Gasteiger partial charge is 0.254 e. The lowest BCUT2D eigenvalue weighted by molar-refractivity contribution is 0.0574. The Balaban J connectivity index is 1.75. The zero-order valence-corrected chi connectivity index (χ0v) is 16.4. The van der Waals surface area contributed by atoms with Crippen molar-refractivity contribution >= 4 is 11.6 Å². The van der Waals surface area contributed by atoms with Crippen molar-refractivity contribution in [2.24, 2.45) is 0 Å². The van der Waals surface area contributed by atoms with Crippen molar-refractivity contribution in [1.82, 2.24) is 9.88 Å². The molecule has 0 N–H and O–H groups in total. The summed E-state index contributed by atoms with van der Waals surface area (Å²) in [6.07, 6.45) is 3.35. The number of pyridine rings is 1. The Morgan fingerprint density at radius 2 is 1.50 bits per heavy atom. The van der Waals surface area contributed by atoms with Crippen molar-refractivity contribution in [3.05, 3.63) is 59.9 Å². The molecule has 2 atom stereocenters. The predicted octanol–water partition coefficient (Wildman–Crippen LogP) is 4.12. The van der Waals surface area contributed by atoms with Crippen LogP contribution in [0.5, 0.6) is 0 Å². The monoisotopic (exact) mass is 351 g/mol. The van der Waals surface area contributed by atoms with Gasteiger partial charge in [0.25, 0.3) is 5.91 Å². The van der Waals surface area contributed by atoms with Gasteiger partial charge < -0.3 is 9.80 Å². The lowest BCUT2D eigenvalue weighted by Gasteiger charge is -2.45. The molecule has 0 spiro atoms. The minimum atomic E-state index is 0.0927. The van der Waals surface area contributed by atoms with Crippen molar-refractivity contribution in [2.75, 3.05) is 18.0 Å². The van der Waals surface area contributed by atoms with E-state index in [1.807, 2.05) is 4.90 Å². The van der Waals surface area contributed by atoms with Crippen LogP contribution in [-0.4, -0.2) is 41.0 Å². The maximum Gasteiger partial charge on any atom is 0.254 e. The number of benzene rings is 1. The van der Waals surface area contributed by atoms with Crippen molar-refractivity contribution in [2.45, 2.75) is 52.1 Å². The summed E-state index contributed by atoms with van der Waals surface area (Å²) < 4.78 is 0. The predicted molar refractivity (Wildman–Crippen MR) is 107 cm³/mol. The van der Waals surface area contributed by atoms with Gasteiger partial charge >= 0.3 is 0 Å². The van der Waals surface area contributed by atoms with Gasteiger partial charge in [-0.05, 0) is 49.1 Å². The molecule has 26 heavy (non-hydrogen) atoms. The van der Waals surface area contributed by atoms with Crippen LogP contribution < -0.4 is 4.90 Å². The Hall–Kier alpha value is -2.36.